The number of ether oxygens (including phenoxy) is 2. The normalized spacial score (nSPS) is 17.6. The standard InChI is InChI=1S/C28H29F2N7O5S/c1-27(2,3)42-26(39)36-43(4,40)21-8-6-20(7-9-21)34-25-33-16-32-24(35-25)18-5-10-22(19(13-18)14-31)41-23-11-12-37(17-38)15-28(23,29)30/h5-10,13,16-17,23H,11-12,15H2,1-4H3,(H,32,33,34,35). The van der Waals surface area contributed by atoms with Gasteiger partial charge in [0.2, 0.25) is 12.4 Å². The zero-order valence-corrected chi connectivity index (χ0v) is 24.6. The van der Waals surface area contributed by atoms with Crippen LogP contribution in [0, 0.1) is 11.3 Å². The summed E-state index contributed by atoms with van der Waals surface area (Å²) in [4.78, 5) is 36.8. The van der Waals surface area contributed by atoms with E-state index in [1.807, 2.05) is 6.07 Å². The maximum atomic E-state index is 14.5. The largest absolute Gasteiger partial charge is 0.483 e. The van der Waals surface area contributed by atoms with E-state index in [2.05, 4.69) is 24.6 Å². The number of alkyl halides is 2. The zero-order valence-electron chi connectivity index (χ0n) is 23.8. The number of nitrogens with one attached hydrogen (secondary N) is 1. The minimum absolute atomic E-state index is 0.0107. The van der Waals surface area contributed by atoms with E-state index in [-0.39, 0.29) is 36.1 Å². The Kier molecular flexibility index (Phi) is 8.90. The van der Waals surface area contributed by atoms with Crippen molar-refractivity contribution in [2.45, 2.75) is 49.7 Å². The van der Waals surface area contributed by atoms with Gasteiger partial charge in [-0.25, -0.2) is 27.8 Å². The van der Waals surface area contributed by atoms with Gasteiger partial charge in [0.1, 0.15) is 23.7 Å². The Morgan fingerprint density at radius 1 is 1.23 bits per heavy atom. The minimum atomic E-state index is -3.28. The number of amides is 2. The highest BCUT2D eigenvalue weighted by Gasteiger charge is 2.46. The third-order valence-electron chi connectivity index (χ3n) is 6.10. The molecule has 2 amide bonds. The van der Waals surface area contributed by atoms with Crippen molar-refractivity contribution >= 4 is 33.9 Å². The van der Waals surface area contributed by atoms with Crippen molar-refractivity contribution in [3.8, 4) is 23.2 Å². The van der Waals surface area contributed by atoms with Gasteiger partial charge in [-0.2, -0.15) is 10.2 Å². The smallest absolute Gasteiger partial charge is 0.442 e. The molecule has 1 N–H and O–H groups in total. The van der Waals surface area contributed by atoms with E-state index < -0.39 is 40.0 Å². The molecule has 4 rings (SSSR count). The molecule has 0 saturated carbocycles. The molecule has 0 bridgehead atoms. The third-order valence-corrected chi connectivity index (χ3v) is 7.75. The maximum Gasteiger partial charge on any atom is 0.442 e. The number of hydrogen-bond acceptors (Lipinski definition) is 10. The molecule has 0 spiro atoms. The van der Waals surface area contributed by atoms with Gasteiger partial charge in [0.05, 0.1) is 21.8 Å². The number of anilines is 2. The summed E-state index contributed by atoms with van der Waals surface area (Å²) in [5.41, 5.74) is 0.197. The number of hydrogen-bond donors (Lipinski definition) is 1. The second-order valence-electron chi connectivity index (χ2n) is 10.7. The van der Waals surface area contributed by atoms with Crippen molar-refractivity contribution in [2.24, 2.45) is 4.36 Å². The van der Waals surface area contributed by atoms with Gasteiger partial charge in [-0.15, -0.1) is 4.36 Å². The summed E-state index contributed by atoms with van der Waals surface area (Å²) in [6, 6.07) is 12.6. The predicted octanol–water partition coefficient (Wildman–Crippen LogP) is 4.79. The molecular weight excluding hydrogens is 584 g/mol. The minimum Gasteiger partial charge on any atom is -0.483 e. The SMILES string of the molecule is CC(C)(C)OC(=O)N=S(C)(=O)c1ccc(Nc2ncnc(-c3ccc(OC4CCN(C=O)CC4(F)F)c(C#N)c3)n2)cc1. The number of nitriles is 1. The fourth-order valence-electron chi connectivity index (χ4n) is 4.08. The molecule has 12 nitrogen and oxygen atoms in total. The van der Waals surface area contributed by atoms with Crippen LogP contribution in [0.2, 0.25) is 0 Å². The molecule has 226 valence electrons. The van der Waals surface area contributed by atoms with Crippen LogP contribution in [-0.4, -0.2) is 73.5 Å². The quantitative estimate of drug-likeness (QED) is 0.367. The number of rotatable bonds is 7. The lowest BCUT2D eigenvalue weighted by Crippen LogP contribution is -2.53. The van der Waals surface area contributed by atoms with Gasteiger partial charge < -0.3 is 19.7 Å². The van der Waals surface area contributed by atoms with Crippen LogP contribution in [0.1, 0.15) is 32.8 Å². The Morgan fingerprint density at radius 3 is 2.58 bits per heavy atom. The first-order chi connectivity index (χ1) is 20.2. The number of benzene rings is 2. The van der Waals surface area contributed by atoms with Gasteiger partial charge in [0.15, 0.2) is 11.9 Å². The van der Waals surface area contributed by atoms with Gasteiger partial charge in [-0.05, 0) is 63.2 Å². The molecule has 43 heavy (non-hydrogen) atoms. The van der Waals surface area contributed by atoms with Crippen LogP contribution in [0.3, 0.4) is 0 Å². The van der Waals surface area contributed by atoms with E-state index in [1.54, 1.807) is 45.0 Å². The predicted molar refractivity (Wildman–Crippen MR) is 152 cm³/mol. The number of carbonyl (C=O) groups is 2. The molecular formula is C28H29F2N7O5S. The molecule has 2 atom stereocenters. The van der Waals surface area contributed by atoms with E-state index in [9.17, 15) is 27.8 Å². The Bertz CT molecular complexity index is 1680. The van der Waals surface area contributed by atoms with Crippen molar-refractivity contribution in [3.05, 3.63) is 54.4 Å². The Labute approximate surface area is 247 Å². The summed E-state index contributed by atoms with van der Waals surface area (Å²) in [6.07, 6.45) is 0.474. The van der Waals surface area contributed by atoms with Crippen LogP contribution < -0.4 is 10.1 Å². The lowest BCUT2D eigenvalue weighted by atomic mass is 10.0. The van der Waals surface area contributed by atoms with Crippen molar-refractivity contribution in [3.63, 3.8) is 0 Å². The second-order valence-corrected chi connectivity index (χ2v) is 13.0. The molecule has 1 aliphatic heterocycles. The van der Waals surface area contributed by atoms with Gasteiger partial charge in [-0.1, -0.05) is 0 Å². The van der Waals surface area contributed by atoms with E-state index in [0.29, 0.717) is 22.6 Å². The van der Waals surface area contributed by atoms with Crippen LogP contribution in [0.25, 0.3) is 11.4 Å². The Balaban J connectivity index is 1.49. The first kappa shape index (κ1) is 31.2. The van der Waals surface area contributed by atoms with Crippen molar-refractivity contribution in [2.75, 3.05) is 24.7 Å². The first-order valence-electron chi connectivity index (χ1n) is 13.0. The number of carbonyl (C=O) groups excluding carboxylic acids is 2. The van der Waals surface area contributed by atoms with Gasteiger partial charge in [-0.3, -0.25) is 4.79 Å². The fraction of sp³-hybridized carbons (Fsp3) is 0.357. The number of aromatic nitrogens is 3. The zero-order chi connectivity index (χ0) is 31.4. The highest BCUT2D eigenvalue weighted by atomic mass is 32.2. The molecule has 1 aromatic heterocycles. The summed E-state index contributed by atoms with van der Waals surface area (Å²) in [5.74, 6) is -2.94. The Hall–Kier alpha value is -4.71. The van der Waals surface area contributed by atoms with Crippen molar-refractivity contribution < 1.29 is 32.1 Å². The third kappa shape index (κ3) is 7.98. The summed E-state index contributed by atoms with van der Waals surface area (Å²) in [6.45, 7) is 4.41. The summed E-state index contributed by atoms with van der Waals surface area (Å²) in [7, 11) is -3.06. The summed E-state index contributed by atoms with van der Waals surface area (Å²) >= 11 is 0. The molecule has 2 heterocycles. The first-order valence-corrected chi connectivity index (χ1v) is 14.9. The number of likely N-dealkylation sites (tertiary alicyclic amines) is 1. The second kappa shape index (κ2) is 12.3. The summed E-state index contributed by atoms with van der Waals surface area (Å²) in [5, 5.41) is 12.7. The average Bonchev–Trinajstić information content (AvgIpc) is 2.93. The molecule has 1 saturated heterocycles. The maximum absolute atomic E-state index is 14.5. The molecule has 15 heteroatoms. The van der Waals surface area contributed by atoms with Crippen LogP contribution in [0.15, 0.2) is 58.1 Å². The highest BCUT2D eigenvalue weighted by molar-refractivity contribution is 7.93. The highest BCUT2D eigenvalue weighted by Crippen LogP contribution is 2.33. The molecule has 1 aliphatic rings. The molecule has 0 radical (unpaired) electrons. The lowest BCUT2D eigenvalue weighted by molar-refractivity contribution is -0.151. The average molecular weight is 614 g/mol. The molecule has 1 fully saturated rings. The van der Waals surface area contributed by atoms with E-state index in [1.165, 1.54) is 30.8 Å². The van der Waals surface area contributed by atoms with E-state index in [0.717, 1.165) is 4.90 Å². The molecule has 2 aromatic carbocycles. The van der Waals surface area contributed by atoms with Gasteiger partial charge in [0, 0.05) is 35.4 Å². The van der Waals surface area contributed by atoms with Crippen LogP contribution in [-0.2, 0) is 19.3 Å². The Morgan fingerprint density at radius 2 is 1.95 bits per heavy atom. The number of halogens is 2. The number of nitrogens with zero attached hydrogens (tertiary/aromatic N) is 6. The molecule has 2 unspecified atom stereocenters. The number of piperidine rings is 1. The fourth-order valence-corrected chi connectivity index (χ4v) is 5.15. The van der Waals surface area contributed by atoms with E-state index >= 15 is 0 Å². The summed E-state index contributed by atoms with van der Waals surface area (Å²) < 4.78 is 56.4. The van der Waals surface area contributed by atoms with Crippen LogP contribution in [0.4, 0.5) is 25.2 Å². The van der Waals surface area contributed by atoms with Crippen LogP contribution in [0.5, 0.6) is 5.75 Å². The van der Waals surface area contributed by atoms with Crippen LogP contribution >= 0.6 is 0 Å². The lowest BCUT2D eigenvalue weighted by Gasteiger charge is -2.36. The molecule has 0 aliphatic carbocycles. The monoisotopic (exact) mass is 613 g/mol. The van der Waals surface area contributed by atoms with Gasteiger partial charge >= 0.3 is 12.0 Å². The van der Waals surface area contributed by atoms with Gasteiger partial charge in [0.25, 0.3) is 0 Å². The topological polar surface area (TPSA) is 160 Å². The molecule has 3 aromatic rings. The van der Waals surface area contributed by atoms with Crippen molar-refractivity contribution in [1.29, 1.82) is 5.26 Å². The van der Waals surface area contributed by atoms with Crippen molar-refractivity contribution in [1.82, 2.24) is 19.9 Å². The van der Waals surface area contributed by atoms with E-state index in [4.69, 9.17) is 9.47 Å².